The number of carbonyl (C=O) groups excluding carboxylic acids is 1. The van der Waals surface area contributed by atoms with Crippen LogP contribution in [0.4, 0.5) is 0 Å². The lowest BCUT2D eigenvalue weighted by Gasteiger charge is -2.15. The van der Waals surface area contributed by atoms with Gasteiger partial charge < -0.3 is 10.4 Å². The third-order valence-corrected chi connectivity index (χ3v) is 3.89. The van der Waals surface area contributed by atoms with E-state index in [0.717, 1.165) is 25.1 Å². The van der Waals surface area contributed by atoms with Crippen molar-refractivity contribution in [3.63, 3.8) is 0 Å². The number of nitrogens with one attached hydrogen (secondary N) is 1. The monoisotopic (exact) mass is 319 g/mol. The number of rotatable bonds is 9. The number of allylic oxidation sites excluding steroid dienone is 1. The summed E-state index contributed by atoms with van der Waals surface area (Å²) in [5.74, 6) is -0.572. The van der Waals surface area contributed by atoms with Crippen LogP contribution in [0.5, 0.6) is 0 Å². The molecule has 2 N–H and O–H groups in total. The highest BCUT2D eigenvalue weighted by Gasteiger charge is 2.33. The van der Waals surface area contributed by atoms with Crippen molar-refractivity contribution in [2.24, 2.45) is 5.92 Å². The van der Waals surface area contributed by atoms with E-state index < -0.39 is 12.0 Å². The first kappa shape index (κ1) is 17.2. The van der Waals surface area contributed by atoms with Gasteiger partial charge in [-0.25, -0.2) is 4.79 Å². The van der Waals surface area contributed by atoms with Crippen LogP contribution in [-0.4, -0.2) is 32.8 Å². The summed E-state index contributed by atoms with van der Waals surface area (Å²) in [4.78, 5) is 23.8. The SMILES string of the molecule is C=CCCC(NC(=O)c1cnn(CC(C)C)c1C1CC1)C(=O)O. The average Bonchev–Trinajstić information content (AvgIpc) is 3.23. The predicted octanol–water partition coefficient (Wildman–Crippen LogP) is 2.57. The molecular weight excluding hydrogens is 294 g/mol. The molecule has 1 aromatic rings. The normalized spacial score (nSPS) is 15.4. The van der Waals surface area contributed by atoms with Gasteiger partial charge in [0.2, 0.25) is 0 Å². The molecule has 1 saturated carbocycles. The fourth-order valence-electron chi connectivity index (χ4n) is 2.63. The van der Waals surface area contributed by atoms with Crippen LogP contribution in [0.1, 0.15) is 61.5 Å². The van der Waals surface area contributed by atoms with Gasteiger partial charge in [-0.05, 0) is 31.6 Å². The van der Waals surface area contributed by atoms with E-state index in [4.69, 9.17) is 0 Å². The number of hydrogen-bond acceptors (Lipinski definition) is 3. The summed E-state index contributed by atoms with van der Waals surface area (Å²) in [6.45, 7) is 8.56. The third-order valence-electron chi connectivity index (χ3n) is 3.89. The molecule has 0 spiro atoms. The molecule has 0 aliphatic heterocycles. The highest BCUT2D eigenvalue weighted by atomic mass is 16.4. The van der Waals surface area contributed by atoms with E-state index in [9.17, 15) is 14.7 Å². The lowest BCUT2D eigenvalue weighted by atomic mass is 10.1. The van der Waals surface area contributed by atoms with Crippen molar-refractivity contribution < 1.29 is 14.7 Å². The van der Waals surface area contributed by atoms with Crippen LogP contribution in [-0.2, 0) is 11.3 Å². The first-order chi connectivity index (χ1) is 10.9. The zero-order valence-corrected chi connectivity index (χ0v) is 13.8. The Hall–Kier alpha value is -2.11. The lowest BCUT2D eigenvalue weighted by molar-refractivity contribution is -0.139. The van der Waals surface area contributed by atoms with Crippen molar-refractivity contribution >= 4 is 11.9 Å². The van der Waals surface area contributed by atoms with E-state index in [1.54, 1.807) is 12.3 Å². The minimum Gasteiger partial charge on any atom is -0.480 e. The van der Waals surface area contributed by atoms with Crippen molar-refractivity contribution in [3.05, 3.63) is 30.1 Å². The fourth-order valence-corrected chi connectivity index (χ4v) is 2.63. The minimum atomic E-state index is -1.03. The molecule has 1 atom stereocenters. The standard InChI is InChI=1S/C17H25N3O3/c1-4-5-6-14(17(22)23)19-16(21)13-9-18-20(10-11(2)3)15(13)12-7-8-12/h4,9,11-12,14H,1,5-8,10H2,2-3H3,(H,19,21)(H,22,23). The summed E-state index contributed by atoms with van der Waals surface area (Å²) in [5.41, 5.74) is 1.46. The molecular formula is C17H25N3O3. The number of nitrogens with zero attached hydrogens (tertiary/aromatic N) is 2. The van der Waals surface area contributed by atoms with E-state index in [1.165, 1.54) is 0 Å². The highest BCUT2D eigenvalue weighted by Crippen LogP contribution is 2.41. The van der Waals surface area contributed by atoms with Crippen molar-refractivity contribution in [1.82, 2.24) is 15.1 Å². The second-order valence-electron chi connectivity index (χ2n) is 6.52. The quantitative estimate of drug-likeness (QED) is 0.685. The van der Waals surface area contributed by atoms with Gasteiger partial charge in [-0.3, -0.25) is 9.48 Å². The second-order valence-corrected chi connectivity index (χ2v) is 6.52. The Morgan fingerprint density at radius 2 is 2.22 bits per heavy atom. The number of aromatic nitrogens is 2. The van der Waals surface area contributed by atoms with Gasteiger partial charge in [0.15, 0.2) is 0 Å². The zero-order valence-electron chi connectivity index (χ0n) is 13.8. The Morgan fingerprint density at radius 3 is 2.74 bits per heavy atom. The summed E-state index contributed by atoms with van der Waals surface area (Å²) in [5, 5.41) is 16.2. The van der Waals surface area contributed by atoms with Gasteiger partial charge in [0, 0.05) is 12.5 Å². The van der Waals surface area contributed by atoms with Crippen LogP contribution in [0, 0.1) is 5.92 Å². The molecule has 1 unspecified atom stereocenters. The van der Waals surface area contributed by atoms with Crippen molar-refractivity contribution in [2.45, 2.75) is 58.0 Å². The topological polar surface area (TPSA) is 84.2 Å². The van der Waals surface area contributed by atoms with Crippen molar-refractivity contribution in [3.8, 4) is 0 Å². The van der Waals surface area contributed by atoms with Crippen LogP contribution in [0.3, 0.4) is 0 Å². The predicted molar refractivity (Wildman–Crippen MR) is 87.4 cm³/mol. The van der Waals surface area contributed by atoms with Crippen LogP contribution < -0.4 is 5.32 Å². The average molecular weight is 319 g/mol. The number of hydrogen-bond donors (Lipinski definition) is 2. The van der Waals surface area contributed by atoms with Gasteiger partial charge in [-0.15, -0.1) is 6.58 Å². The number of carbonyl (C=O) groups is 2. The molecule has 6 nitrogen and oxygen atoms in total. The van der Waals surface area contributed by atoms with Gasteiger partial charge in [0.1, 0.15) is 6.04 Å². The summed E-state index contributed by atoms with van der Waals surface area (Å²) < 4.78 is 1.90. The Bertz CT molecular complexity index is 588. The Labute approximate surface area is 136 Å². The van der Waals surface area contributed by atoms with E-state index in [0.29, 0.717) is 30.2 Å². The molecule has 1 amide bonds. The second kappa shape index (κ2) is 7.44. The number of amides is 1. The Balaban J connectivity index is 2.16. The first-order valence-corrected chi connectivity index (χ1v) is 8.14. The number of carboxylic acid groups (broad SMARTS) is 1. The van der Waals surface area contributed by atoms with E-state index >= 15 is 0 Å². The molecule has 0 radical (unpaired) electrons. The lowest BCUT2D eigenvalue weighted by Crippen LogP contribution is -2.40. The molecule has 2 rings (SSSR count). The van der Waals surface area contributed by atoms with Crippen molar-refractivity contribution in [1.29, 1.82) is 0 Å². The van der Waals surface area contributed by atoms with Crippen LogP contribution >= 0.6 is 0 Å². The molecule has 1 aliphatic carbocycles. The molecule has 0 saturated heterocycles. The summed E-state index contributed by atoms with van der Waals surface area (Å²) in [6, 6.07) is -0.902. The van der Waals surface area contributed by atoms with Gasteiger partial charge in [-0.2, -0.15) is 5.10 Å². The molecule has 23 heavy (non-hydrogen) atoms. The Kier molecular flexibility index (Phi) is 5.58. The maximum Gasteiger partial charge on any atom is 0.326 e. The van der Waals surface area contributed by atoms with Crippen molar-refractivity contribution in [2.75, 3.05) is 0 Å². The Morgan fingerprint density at radius 1 is 1.52 bits per heavy atom. The fraction of sp³-hybridized carbons (Fsp3) is 0.588. The molecule has 1 fully saturated rings. The van der Waals surface area contributed by atoms with Crippen LogP contribution in [0.25, 0.3) is 0 Å². The minimum absolute atomic E-state index is 0.337. The van der Waals surface area contributed by atoms with Gasteiger partial charge >= 0.3 is 5.97 Å². The largest absolute Gasteiger partial charge is 0.480 e. The van der Waals surface area contributed by atoms with E-state index in [2.05, 4.69) is 30.8 Å². The van der Waals surface area contributed by atoms with E-state index in [1.807, 2.05) is 4.68 Å². The highest BCUT2D eigenvalue weighted by molar-refractivity contribution is 5.97. The summed E-state index contributed by atoms with van der Waals surface area (Å²) in [6.07, 6.45) is 6.21. The van der Waals surface area contributed by atoms with E-state index in [-0.39, 0.29) is 5.91 Å². The number of aliphatic carboxylic acids is 1. The van der Waals surface area contributed by atoms with Crippen LogP contribution in [0.2, 0.25) is 0 Å². The molecule has 1 aliphatic rings. The first-order valence-electron chi connectivity index (χ1n) is 8.14. The van der Waals surface area contributed by atoms with Gasteiger partial charge in [0.05, 0.1) is 17.5 Å². The van der Waals surface area contributed by atoms with Crippen LogP contribution in [0.15, 0.2) is 18.9 Å². The summed E-state index contributed by atoms with van der Waals surface area (Å²) in [7, 11) is 0. The maximum absolute atomic E-state index is 12.5. The maximum atomic E-state index is 12.5. The molecule has 1 aromatic heterocycles. The van der Waals surface area contributed by atoms with Gasteiger partial charge in [0.25, 0.3) is 5.91 Å². The summed E-state index contributed by atoms with van der Waals surface area (Å²) >= 11 is 0. The molecule has 0 aromatic carbocycles. The zero-order chi connectivity index (χ0) is 17.0. The molecule has 0 bridgehead atoms. The third kappa shape index (κ3) is 4.43. The molecule has 126 valence electrons. The molecule has 6 heteroatoms. The smallest absolute Gasteiger partial charge is 0.326 e. The number of carboxylic acids is 1. The van der Waals surface area contributed by atoms with Gasteiger partial charge in [-0.1, -0.05) is 19.9 Å². The molecule has 1 heterocycles.